The number of ether oxygens (including phenoxy) is 1. The van der Waals surface area contributed by atoms with Crippen LogP contribution in [0.4, 0.5) is 16.2 Å². The predicted molar refractivity (Wildman–Crippen MR) is 69.9 cm³/mol. The lowest BCUT2D eigenvalue weighted by Crippen LogP contribution is -2.36. The largest absolute Gasteiger partial charge is 0.453 e. The van der Waals surface area contributed by atoms with Gasteiger partial charge < -0.3 is 20.3 Å². The second-order valence-corrected chi connectivity index (χ2v) is 4.25. The average molecular weight is 250 g/mol. The van der Waals surface area contributed by atoms with Crippen LogP contribution >= 0.6 is 0 Å². The van der Waals surface area contributed by atoms with E-state index in [1.165, 1.54) is 7.11 Å². The minimum Gasteiger partial charge on any atom is -0.453 e. The standard InChI is InChI=1S/C12H18N4O2/c1-13-10-5-11(7-14-6-10)16-4-3-9(8-16)15-12(17)18-2/h5-7,9,13H,3-4,8H2,1-2H3,(H,15,17). The van der Waals surface area contributed by atoms with E-state index in [1.807, 2.05) is 19.3 Å². The maximum absolute atomic E-state index is 11.1. The molecule has 0 bridgehead atoms. The zero-order chi connectivity index (χ0) is 13.0. The summed E-state index contributed by atoms with van der Waals surface area (Å²) in [6, 6.07) is 2.18. The van der Waals surface area contributed by atoms with Gasteiger partial charge in [0, 0.05) is 20.1 Å². The van der Waals surface area contributed by atoms with Crippen LogP contribution in [0.15, 0.2) is 18.5 Å². The highest BCUT2D eigenvalue weighted by Gasteiger charge is 2.24. The lowest BCUT2D eigenvalue weighted by atomic mass is 10.3. The van der Waals surface area contributed by atoms with Gasteiger partial charge in [-0.25, -0.2) is 4.79 Å². The predicted octanol–water partition coefficient (Wildman–Crippen LogP) is 1.06. The fraction of sp³-hybridized carbons (Fsp3) is 0.500. The van der Waals surface area contributed by atoms with E-state index in [2.05, 4.69) is 25.3 Å². The van der Waals surface area contributed by atoms with Gasteiger partial charge in [-0.05, 0) is 12.5 Å². The van der Waals surface area contributed by atoms with Crippen LogP contribution in [-0.2, 0) is 4.74 Å². The molecule has 18 heavy (non-hydrogen) atoms. The van der Waals surface area contributed by atoms with Gasteiger partial charge in [-0.2, -0.15) is 0 Å². The number of nitrogens with zero attached hydrogens (tertiary/aromatic N) is 2. The quantitative estimate of drug-likeness (QED) is 0.839. The van der Waals surface area contributed by atoms with Crippen molar-refractivity contribution >= 4 is 17.5 Å². The van der Waals surface area contributed by atoms with Crippen molar-refractivity contribution in [3.05, 3.63) is 18.5 Å². The SMILES string of the molecule is CNc1cncc(N2CCC(NC(=O)OC)C2)c1. The zero-order valence-electron chi connectivity index (χ0n) is 10.6. The van der Waals surface area contributed by atoms with Gasteiger partial charge in [0.2, 0.25) is 0 Å². The van der Waals surface area contributed by atoms with Crippen LogP contribution < -0.4 is 15.5 Å². The van der Waals surface area contributed by atoms with Gasteiger partial charge in [0.05, 0.1) is 36.9 Å². The minimum atomic E-state index is -0.371. The number of aromatic nitrogens is 1. The fourth-order valence-electron chi connectivity index (χ4n) is 2.08. The fourth-order valence-corrected chi connectivity index (χ4v) is 2.08. The van der Waals surface area contributed by atoms with Gasteiger partial charge in [0.25, 0.3) is 0 Å². The van der Waals surface area contributed by atoms with Crippen molar-refractivity contribution in [1.29, 1.82) is 0 Å². The molecule has 1 aromatic rings. The summed E-state index contributed by atoms with van der Waals surface area (Å²) in [5.41, 5.74) is 2.05. The molecule has 2 heterocycles. The molecule has 1 amide bonds. The molecule has 1 atom stereocenters. The molecule has 6 nitrogen and oxygen atoms in total. The van der Waals surface area contributed by atoms with Crippen molar-refractivity contribution in [2.75, 3.05) is 37.5 Å². The summed E-state index contributed by atoms with van der Waals surface area (Å²) in [4.78, 5) is 17.5. The van der Waals surface area contributed by atoms with E-state index in [4.69, 9.17) is 0 Å². The van der Waals surface area contributed by atoms with E-state index in [1.54, 1.807) is 6.20 Å². The number of pyridine rings is 1. The Morgan fingerprint density at radius 3 is 3.11 bits per heavy atom. The number of nitrogens with one attached hydrogen (secondary N) is 2. The highest BCUT2D eigenvalue weighted by Crippen LogP contribution is 2.22. The molecule has 2 N–H and O–H groups in total. The van der Waals surface area contributed by atoms with Crippen molar-refractivity contribution < 1.29 is 9.53 Å². The Labute approximate surface area is 106 Å². The Morgan fingerprint density at radius 1 is 1.56 bits per heavy atom. The maximum Gasteiger partial charge on any atom is 0.407 e. The molecule has 1 unspecified atom stereocenters. The number of carbonyl (C=O) groups excluding carboxylic acids is 1. The molecular weight excluding hydrogens is 232 g/mol. The number of rotatable bonds is 3. The molecule has 0 aromatic carbocycles. The number of methoxy groups -OCH3 is 1. The third-order valence-electron chi connectivity index (χ3n) is 3.07. The van der Waals surface area contributed by atoms with Gasteiger partial charge >= 0.3 is 6.09 Å². The smallest absolute Gasteiger partial charge is 0.407 e. The van der Waals surface area contributed by atoms with Gasteiger partial charge in [-0.3, -0.25) is 4.98 Å². The Balaban J connectivity index is 1.97. The van der Waals surface area contributed by atoms with Crippen molar-refractivity contribution in [2.45, 2.75) is 12.5 Å². The molecule has 0 spiro atoms. The van der Waals surface area contributed by atoms with Crippen LogP contribution in [0.5, 0.6) is 0 Å². The van der Waals surface area contributed by atoms with Gasteiger partial charge in [0.1, 0.15) is 0 Å². The topological polar surface area (TPSA) is 66.5 Å². The molecular formula is C12H18N4O2. The molecule has 1 aromatic heterocycles. The van der Waals surface area contributed by atoms with Crippen LogP contribution in [0.3, 0.4) is 0 Å². The first kappa shape index (κ1) is 12.5. The van der Waals surface area contributed by atoms with Crippen LogP contribution in [0.25, 0.3) is 0 Å². The monoisotopic (exact) mass is 250 g/mol. The van der Waals surface area contributed by atoms with E-state index in [9.17, 15) is 4.79 Å². The average Bonchev–Trinajstić information content (AvgIpc) is 2.87. The molecule has 6 heteroatoms. The molecule has 98 valence electrons. The summed E-state index contributed by atoms with van der Waals surface area (Å²) >= 11 is 0. The summed E-state index contributed by atoms with van der Waals surface area (Å²) in [5, 5.41) is 5.88. The third-order valence-corrected chi connectivity index (χ3v) is 3.07. The van der Waals surface area contributed by atoms with Crippen LogP contribution in [-0.4, -0.2) is 44.4 Å². The summed E-state index contributed by atoms with van der Waals surface area (Å²) in [7, 11) is 3.24. The Morgan fingerprint density at radius 2 is 2.39 bits per heavy atom. The van der Waals surface area contributed by atoms with Gasteiger partial charge in [0.15, 0.2) is 0 Å². The molecule has 1 aliphatic heterocycles. The number of anilines is 2. The number of amides is 1. The first-order valence-corrected chi connectivity index (χ1v) is 5.95. The van der Waals surface area contributed by atoms with Crippen LogP contribution in [0, 0.1) is 0 Å². The van der Waals surface area contributed by atoms with Crippen molar-refractivity contribution in [3.63, 3.8) is 0 Å². The highest BCUT2D eigenvalue weighted by atomic mass is 16.5. The summed E-state index contributed by atoms with van der Waals surface area (Å²) < 4.78 is 4.60. The van der Waals surface area contributed by atoms with E-state index < -0.39 is 0 Å². The Hall–Kier alpha value is -1.98. The van der Waals surface area contributed by atoms with E-state index in [0.717, 1.165) is 30.9 Å². The maximum atomic E-state index is 11.1. The molecule has 1 saturated heterocycles. The Kier molecular flexibility index (Phi) is 3.86. The first-order chi connectivity index (χ1) is 8.72. The van der Waals surface area contributed by atoms with Crippen molar-refractivity contribution in [2.24, 2.45) is 0 Å². The number of hydrogen-bond acceptors (Lipinski definition) is 5. The lowest BCUT2D eigenvalue weighted by Gasteiger charge is -2.19. The molecule has 0 radical (unpaired) electrons. The second-order valence-electron chi connectivity index (χ2n) is 4.25. The first-order valence-electron chi connectivity index (χ1n) is 5.95. The lowest BCUT2D eigenvalue weighted by molar-refractivity contribution is 0.167. The second kappa shape index (κ2) is 5.57. The zero-order valence-corrected chi connectivity index (χ0v) is 10.6. The normalized spacial score (nSPS) is 18.6. The minimum absolute atomic E-state index is 0.135. The summed E-state index contributed by atoms with van der Waals surface area (Å²) in [6.45, 7) is 1.69. The van der Waals surface area contributed by atoms with Crippen molar-refractivity contribution in [1.82, 2.24) is 10.3 Å². The van der Waals surface area contributed by atoms with Gasteiger partial charge in [-0.15, -0.1) is 0 Å². The van der Waals surface area contributed by atoms with E-state index in [-0.39, 0.29) is 12.1 Å². The molecule has 2 rings (SSSR count). The van der Waals surface area contributed by atoms with E-state index >= 15 is 0 Å². The molecule has 0 saturated carbocycles. The number of carbonyl (C=O) groups is 1. The molecule has 1 fully saturated rings. The third kappa shape index (κ3) is 2.82. The molecule has 1 aliphatic rings. The highest BCUT2D eigenvalue weighted by molar-refractivity contribution is 5.67. The molecule has 0 aliphatic carbocycles. The summed E-state index contributed by atoms with van der Waals surface area (Å²) in [5.74, 6) is 0. The van der Waals surface area contributed by atoms with E-state index in [0.29, 0.717) is 0 Å². The Bertz CT molecular complexity index is 424. The van der Waals surface area contributed by atoms with Gasteiger partial charge in [-0.1, -0.05) is 0 Å². The number of alkyl carbamates (subject to hydrolysis) is 1. The van der Waals surface area contributed by atoms with Crippen LogP contribution in [0.1, 0.15) is 6.42 Å². The number of hydrogen-bond donors (Lipinski definition) is 2. The summed E-state index contributed by atoms with van der Waals surface area (Å²) in [6.07, 6.45) is 4.16. The van der Waals surface area contributed by atoms with Crippen LogP contribution in [0.2, 0.25) is 0 Å². The van der Waals surface area contributed by atoms with Crippen molar-refractivity contribution in [3.8, 4) is 0 Å².